The van der Waals surface area contributed by atoms with Crippen LogP contribution in [0.5, 0.6) is 0 Å². The Morgan fingerprint density at radius 2 is 1.74 bits per heavy atom. The number of hydrogen-bond donors (Lipinski definition) is 2. The molecule has 0 aromatic heterocycles. The van der Waals surface area contributed by atoms with E-state index in [1.165, 1.54) is 18.7 Å². The molecule has 0 saturated carbocycles. The SMILES string of the molecule is COCCCN(CCOC)C(=O)NC(C)(C)C(=O)O. The lowest BCUT2D eigenvalue weighted by Gasteiger charge is -2.28. The van der Waals surface area contributed by atoms with Crippen molar-refractivity contribution in [3.8, 4) is 0 Å². The first-order chi connectivity index (χ1) is 8.85. The highest BCUT2D eigenvalue weighted by Crippen LogP contribution is 2.04. The lowest BCUT2D eigenvalue weighted by Crippen LogP contribution is -2.55. The van der Waals surface area contributed by atoms with E-state index >= 15 is 0 Å². The molecule has 0 heterocycles. The van der Waals surface area contributed by atoms with Crippen molar-refractivity contribution >= 4 is 12.0 Å². The largest absolute Gasteiger partial charge is 0.480 e. The fraction of sp³-hybridized carbons (Fsp3) is 0.833. The second kappa shape index (κ2) is 8.71. The summed E-state index contributed by atoms with van der Waals surface area (Å²) in [5.41, 5.74) is -1.30. The van der Waals surface area contributed by atoms with Gasteiger partial charge in [0.05, 0.1) is 6.61 Å². The number of amides is 2. The van der Waals surface area contributed by atoms with Crippen LogP contribution < -0.4 is 5.32 Å². The van der Waals surface area contributed by atoms with E-state index in [-0.39, 0.29) is 0 Å². The number of methoxy groups -OCH3 is 2. The van der Waals surface area contributed by atoms with E-state index in [1.807, 2.05) is 0 Å². The molecule has 0 spiro atoms. The van der Waals surface area contributed by atoms with Gasteiger partial charge in [-0.25, -0.2) is 9.59 Å². The van der Waals surface area contributed by atoms with Crippen LogP contribution >= 0.6 is 0 Å². The minimum absolute atomic E-state index is 0.397. The summed E-state index contributed by atoms with van der Waals surface area (Å²) in [6, 6.07) is -0.416. The van der Waals surface area contributed by atoms with E-state index in [0.29, 0.717) is 32.7 Å². The summed E-state index contributed by atoms with van der Waals surface area (Å²) in [4.78, 5) is 24.5. The van der Waals surface area contributed by atoms with Crippen LogP contribution in [0.2, 0.25) is 0 Å². The maximum absolute atomic E-state index is 12.0. The number of nitrogens with one attached hydrogen (secondary N) is 1. The molecule has 0 atom stereocenters. The standard InChI is InChI=1S/C12H24N2O5/c1-12(2,10(15)16)13-11(17)14(7-9-19-4)6-5-8-18-3/h5-9H2,1-4H3,(H,13,17)(H,15,16). The predicted octanol–water partition coefficient (Wildman–Crippen LogP) is 0.544. The van der Waals surface area contributed by atoms with Gasteiger partial charge in [0.2, 0.25) is 0 Å². The summed E-state index contributed by atoms with van der Waals surface area (Å²) in [6.07, 6.45) is 0.682. The normalized spacial score (nSPS) is 11.2. The average molecular weight is 276 g/mol. The first-order valence-corrected chi connectivity index (χ1v) is 6.13. The van der Waals surface area contributed by atoms with E-state index in [1.54, 1.807) is 14.2 Å². The molecular formula is C12H24N2O5. The van der Waals surface area contributed by atoms with Crippen LogP contribution in [0.15, 0.2) is 0 Å². The molecule has 2 N–H and O–H groups in total. The molecule has 7 nitrogen and oxygen atoms in total. The van der Waals surface area contributed by atoms with E-state index < -0.39 is 17.5 Å². The van der Waals surface area contributed by atoms with Crippen molar-refractivity contribution < 1.29 is 24.2 Å². The lowest BCUT2D eigenvalue weighted by atomic mass is 10.1. The van der Waals surface area contributed by atoms with Gasteiger partial charge in [0, 0.05) is 33.9 Å². The van der Waals surface area contributed by atoms with Crippen LogP contribution in [0.4, 0.5) is 4.79 Å². The number of carboxylic acid groups (broad SMARTS) is 1. The molecule has 112 valence electrons. The number of carboxylic acids is 1. The Kier molecular flexibility index (Phi) is 8.09. The van der Waals surface area contributed by atoms with Crippen molar-refractivity contribution in [2.24, 2.45) is 0 Å². The topological polar surface area (TPSA) is 88.1 Å². The fourth-order valence-electron chi connectivity index (χ4n) is 1.32. The second-order valence-corrected chi connectivity index (χ2v) is 4.69. The Morgan fingerprint density at radius 1 is 1.16 bits per heavy atom. The van der Waals surface area contributed by atoms with E-state index in [2.05, 4.69) is 5.32 Å². The number of urea groups is 1. The quantitative estimate of drug-likeness (QED) is 0.600. The van der Waals surface area contributed by atoms with Crippen LogP contribution in [0.1, 0.15) is 20.3 Å². The third-order valence-electron chi connectivity index (χ3n) is 2.58. The molecule has 0 fully saturated rings. The van der Waals surface area contributed by atoms with Crippen LogP contribution in [0.25, 0.3) is 0 Å². The zero-order chi connectivity index (χ0) is 14.9. The molecular weight excluding hydrogens is 252 g/mol. The Morgan fingerprint density at radius 3 is 2.21 bits per heavy atom. The predicted molar refractivity (Wildman–Crippen MR) is 70.2 cm³/mol. The van der Waals surface area contributed by atoms with Crippen LogP contribution in [0.3, 0.4) is 0 Å². The van der Waals surface area contributed by atoms with Gasteiger partial charge in [-0.3, -0.25) is 0 Å². The molecule has 0 bridgehead atoms. The zero-order valence-corrected chi connectivity index (χ0v) is 12.1. The highest BCUT2D eigenvalue weighted by Gasteiger charge is 2.30. The van der Waals surface area contributed by atoms with Crippen LogP contribution in [0, 0.1) is 0 Å². The Labute approximate surface area is 113 Å². The number of carbonyl (C=O) groups is 2. The zero-order valence-electron chi connectivity index (χ0n) is 12.1. The monoisotopic (exact) mass is 276 g/mol. The van der Waals surface area contributed by atoms with Gasteiger partial charge in [-0.2, -0.15) is 0 Å². The van der Waals surface area contributed by atoms with Gasteiger partial charge in [0.25, 0.3) is 0 Å². The second-order valence-electron chi connectivity index (χ2n) is 4.69. The third kappa shape index (κ3) is 6.97. The summed E-state index contributed by atoms with van der Waals surface area (Å²) < 4.78 is 9.87. The molecule has 0 aliphatic carbocycles. The number of rotatable bonds is 9. The molecule has 0 saturated heterocycles. The van der Waals surface area contributed by atoms with Crippen molar-refractivity contribution in [3.05, 3.63) is 0 Å². The van der Waals surface area contributed by atoms with Gasteiger partial charge in [0.1, 0.15) is 5.54 Å². The molecule has 0 unspecified atom stereocenters. The lowest BCUT2D eigenvalue weighted by molar-refractivity contribution is -0.143. The first-order valence-electron chi connectivity index (χ1n) is 6.13. The van der Waals surface area contributed by atoms with Crippen molar-refractivity contribution in [1.82, 2.24) is 10.2 Å². The Bertz CT molecular complexity index is 294. The number of carbonyl (C=O) groups excluding carboxylic acids is 1. The first kappa shape index (κ1) is 17.7. The van der Waals surface area contributed by atoms with Crippen LogP contribution in [-0.2, 0) is 14.3 Å². The third-order valence-corrected chi connectivity index (χ3v) is 2.58. The molecule has 0 aromatic rings. The van der Waals surface area contributed by atoms with Gasteiger partial charge in [-0.15, -0.1) is 0 Å². The summed E-state index contributed by atoms with van der Waals surface area (Å²) in [5.74, 6) is -1.08. The number of nitrogens with zero attached hydrogens (tertiary/aromatic N) is 1. The minimum atomic E-state index is -1.30. The molecule has 19 heavy (non-hydrogen) atoms. The minimum Gasteiger partial charge on any atom is -0.480 e. The van der Waals surface area contributed by atoms with E-state index in [0.717, 1.165) is 0 Å². The highest BCUT2D eigenvalue weighted by molar-refractivity contribution is 5.85. The molecule has 2 amide bonds. The van der Waals surface area contributed by atoms with E-state index in [4.69, 9.17) is 14.6 Å². The van der Waals surface area contributed by atoms with Gasteiger partial charge in [-0.1, -0.05) is 0 Å². The van der Waals surface area contributed by atoms with Crippen molar-refractivity contribution in [1.29, 1.82) is 0 Å². The maximum Gasteiger partial charge on any atom is 0.328 e. The Hall–Kier alpha value is -1.34. The fourth-order valence-corrected chi connectivity index (χ4v) is 1.32. The smallest absolute Gasteiger partial charge is 0.328 e. The molecule has 7 heteroatoms. The number of hydrogen-bond acceptors (Lipinski definition) is 4. The van der Waals surface area contributed by atoms with Gasteiger partial charge < -0.3 is 24.8 Å². The van der Waals surface area contributed by atoms with Crippen molar-refractivity contribution in [2.75, 3.05) is 40.5 Å². The van der Waals surface area contributed by atoms with Crippen molar-refractivity contribution in [3.63, 3.8) is 0 Å². The summed E-state index contributed by atoms with van der Waals surface area (Å²) in [6.45, 7) is 4.71. The van der Waals surface area contributed by atoms with Crippen LogP contribution in [-0.4, -0.2) is 68.1 Å². The Balaban J connectivity index is 4.47. The molecule has 0 aromatic carbocycles. The van der Waals surface area contributed by atoms with Gasteiger partial charge in [0.15, 0.2) is 0 Å². The summed E-state index contributed by atoms with van der Waals surface area (Å²) in [5, 5.41) is 11.5. The number of aliphatic carboxylic acids is 1. The summed E-state index contributed by atoms with van der Waals surface area (Å²) in [7, 11) is 3.14. The highest BCUT2D eigenvalue weighted by atomic mass is 16.5. The maximum atomic E-state index is 12.0. The summed E-state index contributed by atoms with van der Waals surface area (Å²) >= 11 is 0. The number of ether oxygens (including phenoxy) is 2. The molecule has 0 radical (unpaired) electrons. The molecule has 0 aliphatic heterocycles. The average Bonchev–Trinajstić information content (AvgIpc) is 2.32. The van der Waals surface area contributed by atoms with Gasteiger partial charge in [-0.05, 0) is 20.3 Å². The van der Waals surface area contributed by atoms with E-state index in [9.17, 15) is 9.59 Å². The molecule has 0 rings (SSSR count). The van der Waals surface area contributed by atoms with Gasteiger partial charge >= 0.3 is 12.0 Å². The molecule has 0 aliphatic rings. The van der Waals surface area contributed by atoms with Crippen molar-refractivity contribution in [2.45, 2.75) is 25.8 Å².